The van der Waals surface area contributed by atoms with E-state index in [1.165, 1.54) is 4.90 Å². The second-order valence-electron chi connectivity index (χ2n) is 4.86. The zero-order chi connectivity index (χ0) is 14.7. The second kappa shape index (κ2) is 6.45. The molecule has 2 atom stereocenters. The van der Waals surface area contributed by atoms with E-state index in [1.807, 2.05) is 0 Å². The molecule has 2 aliphatic heterocycles. The number of carbonyl (C=O) groups excluding carboxylic acids is 2. The Kier molecular flexibility index (Phi) is 4.88. The molecule has 0 saturated carbocycles. The van der Waals surface area contributed by atoms with Crippen LogP contribution < -0.4 is 5.73 Å². The van der Waals surface area contributed by atoms with Crippen molar-refractivity contribution in [3.05, 3.63) is 23.9 Å². The predicted octanol–water partition coefficient (Wildman–Crippen LogP) is 1.40. The first-order chi connectivity index (χ1) is 9.61. The van der Waals surface area contributed by atoms with Crippen LogP contribution in [0.2, 0.25) is 0 Å². The smallest absolute Gasteiger partial charge is 0.355 e. The molecule has 0 spiro atoms. The molecule has 2 rings (SSSR count). The maximum atomic E-state index is 12.2. The van der Waals surface area contributed by atoms with Gasteiger partial charge >= 0.3 is 5.97 Å². The SMILES string of the molecule is C=CC1=C(C(=O)OCCCCC)N2C(=O)[C@@H](N)[C@H]2SC1. The summed E-state index contributed by atoms with van der Waals surface area (Å²) >= 11 is 1.55. The van der Waals surface area contributed by atoms with Crippen LogP contribution in [0.5, 0.6) is 0 Å². The van der Waals surface area contributed by atoms with E-state index in [0.29, 0.717) is 18.1 Å². The highest BCUT2D eigenvalue weighted by Gasteiger charge is 2.51. The number of ether oxygens (including phenoxy) is 1. The van der Waals surface area contributed by atoms with Crippen LogP contribution in [0.15, 0.2) is 23.9 Å². The Bertz CT molecular complexity index is 461. The Hall–Kier alpha value is -1.27. The summed E-state index contributed by atoms with van der Waals surface area (Å²) in [6.45, 7) is 6.17. The zero-order valence-electron chi connectivity index (χ0n) is 11.6. The van der Waals surface area contributed by atoms with E-state index >= 15 is 0 Å². The molecule has 20 heavy (non-hydrogen) atoms. The average molecular weight is 296 g/mol. The molecular weight excluding hydrogens is 276 g/mol. The third kappa shape index (κ3) is 2.62. The number of nitrogens with zero attached hydrogens (tertiary/aromatic N) is 1. The lowest BCUT2D eigenvalue weighted by Crippen LogP contribution is -2.68. The van der Waals surface area contributed by atoms with E-state index in [1.54, 1.807) is 17.8 Å². The van der Waals surface area contributed by atoms with E-state index in [9.17, 15) is 9.59 Å². The summed E-state index contributed by atoms with van der Waals surface area (Å²) in [5, 5.41) is -0.149. The molecular formula is C14H20N2O3S. The molecule has 0 aromatic rings. The molecule has 0 unspecified atom stereocenters. The van der Waals surface area contributed by atoms with Gasteiger partial charge in [0, 0.05) is 5.75 Å². The molecule has 2 N–H and O–H groups in total. The maximum Gasteiger partial charge on any atom is 0.355 e. The van der Waals surface area contributed by atoms with Crippen molar-refractivity contribution in [2.45, 2.75) is 37.6 Å². The lowest BCUT2D eigenvalue weighted by Gasteiger charge is -2.48. The van der Waals surface area contributed by atoms with Gasteiger partial charge in [0.05, 0.1) is 6.61 Å². The number of β-lactam (4-membered cyclic amide) rings is 1. The lowest BCUT2D eigenvalue weighted by molar-refractivity contribution is -0.150. The Morgan fingerprint density at radius 2 is 2.35 bits per heavy atom. The fraction of sp³-hybridized carbons (Fsp3) is 0.571. The molecule has 0 aliphatic carbocycles. The molecule has 6 heteroatoms. The topological polar surface area (TPSA) is 72.6 Å². The van der Waals surface area contributed by atoms with Gasteiger partial charge in [0.25, 0.3) is 0 Å². The van der Waals surface area contributed by atoms with Crippen LogP contribution in [0.4, 0.5) is 0 Å². The average Bonchev–Trinajstić information content (AvgIpc) is 2.48. The molecule has 0 radical (unpaired) electrons. The molecule has 1 amide bonds. The predicted molar refractivity (Wildman–Crippen MR) is 78.8 cm³/mol. The van der Waals surface area contributed by atoms with Gasteiger partial charge in [-0.15, -0.1) is 11.8 Å². The number of rotatable bonds is 6. The number of nitrogens with two attached hydrogens (primary N) is 1. The van der Waals surface area contributed by atoms with Crippen LogP contribution in [0.3, 0.4) is 0 Å². The third-order valence-electron chi connectivity index (χ3n) is 3.46. The lowest BCUT2D eigenvalue weighted by atomic mass is 10.0. The molecule has 110 valence electrons. The van der Waals surface area contributed by atoms with Crippen LogP contribution in [-0.2, 0) is 14.3 Å². The van der Waals surface area contributed by atoms with Crippen molar-refractivity contribution in [3.8, 4) is 0 Å². The van der Waals surface area contributed by atoms with E-state index in [-0.39, 0.29) is 11.3 Å². The van der Waals surface area contributed by atoms with Gasteiger partial charge in [-0.25, -0.2) is 4.79 Å². The van der Waals surface area contributed by atoms with Crippen molar-refractivity contribution in [2.75, 3.05) is 12.4 Å². The van der Waals surface area contributed by atoms with Crippen molar-refractivity contribution in [1.82, 2.24) is 4.90 Å². The van der Waals surface area contributed by atoms with Crippen molar-refractivity contribution >= 4 is 23.6 Å². The Labute approximate surface area is 123 Å². The number of carbonyl (C=O) groups is 2. The Morgan fingerprint density at radius 3 is 3.00 bits per heavy atom. The van der Waals surface area contributed by atoms with Gasteiger partial charge in [-0.05, 0) is 12.0 Å². The number of unbranched alkanes of at least 4 members (excludes halogenated alkanes) is 2. The fourth-order valence-electron chi connectivity index (χ4n) is 2.27. The summed E-state index contributed by atoms with van der Waals surface area (Å²) in [7, 11) is 0. The van der Waals surface area contributed by atoms with Crippen molar-refractivity contribution < 1.29 is 14.3 Å². The van der Waals surface area contributed by atoms with Gasteiger partial charge < -0.3 is 10.5 Å². The first-order valence-electron chi connectivity index (χ1n) is 6.84. The quantitative estimate of drug-likeness (QED) is 0.456. The molecule has 1 fully saturated rings. The summed E-state index contributed by atoms with van der Waals surface area (Å²) in [5.41, 5.74) is 6.82. The highest BCUT2D eigenvalue weighted by atomic mass is 32.2. The normalized spacial score (nSPS) is 25.1. The summed E-state index contributed by atoms with van der Waals surface area (Å²) < 4.78 is 5.26. The van der Waals surface area contributed by atoms with Crippen LogP contribution >= 0.6 is 11.8 Å². The van der Waals surface area contributed by atoms with Crippen LogP contribution in [-0.4, -0.2) is 40.6 Å². The van der Waals surface area contributed by atoms with Gasteiger partial charge in [0.2, 0.25) is 5.91 Å². The highest BCUT2D eigenvalue weighted by molar-refractivity contribution is 8.00. The minimum absolute atomic E-state index is 0.149. The number of hydrogen-bond donors (Lipinski definition) is 1. The molecule has 5 nitrogen and oxygen atoms in total. The number of fused-ring (bicyclic) bond motifs is 1. The molecule has 1 saturated heterocycles. The first kappa shape index (κ1) is 15.1. The number of hydrogen-bond acceptors (Lipinski definition) is 5. The largest absolute Gasteiger partial charge is 0.461 e. The minimum Gasteiger partial charge on any atom is -0.461 e. The summed E-state index contributed by atoms with van der Waals surface area (Å²) in [4.78, 5) is 25.5. The second-order valence-corrected chi connectivity index (χ2v) is 5.96. The fourth-order valence-corrected chi connectivity index (χ4v) is 3.56. The zero-order valence-corrected chi connectivity index (χ0v) is 12.4. The monoisotopic (exact) mass is 296 g/mol. The number of thioether (sulfide) groups is 1. The molecule has 2 aliphatic rings. The first-order valence-corrected chi connectivity index (χ1v) is 7.89. The van der Waals surface area contributed by atoms with Gasteiger partial charge in [0.15, 0.2) is 0 Å². The van der Waals surface area contributed by atoms with E-state index in [0.717, 1.165) is 24.8 Å². The number of allylic oxidation sites excluding steroid dienone is 1. The van der Waals surface area contributed by atoms with E-state index in [4.69, 9.17) is 10.5 Å². The van der Waals surface area contributed by atoms with Crippen LogP contribution in [0, 0.1) is 0 Å². The molecule has 0 bridgehead atoms. The van der Waals surface area contributed by atoms with Gasteiger partial charge in [-0.3, -0.25) is 9.69 Å². The molecule has 0 aromatic carbocycles. The molecule has 2 heterocycles. The van der Waals surface area contributed by atoms with Crippen LogP contribution in [0.1, 0.15) is 26.2 Å². The minimum atomic E-state index is -0.519. The van der Waals surface area contributed by atoms with E-state index in [2.05, 4.69) is 13.5 Å². The Morgan fingerprint density at radius 1 is 1.60 bits per heavy atom. The number of amides is 1. The van der Waals surface area contributed by atoms with E-state index < -0.39 is 12.0 Å². The van der Waals surface area contributed by atoms with Crippen molar-refractivity contribution in [1.29, 1.82) is 0 Å². The summed E-state index contributed by atoms with van der Waals surface area (Å²) in [6, 6.07) is -0.519. The maximum absolute atomic E-state index is 12.2. The Balaban J connectivity index is 2.09. The number of esters is 1. The standard InChI is InChI=1S/C14H20N2O3S/c1-3-5-6-7-19-14(18)11-9(4-2)8-20-13-10(15)12(17)16(11)13/h4,10,13H,2-3,5-8,15H2,1H3/t10-,13-/m1/s1. The van der Waals surface area contributed by atoms with Crippen molar-refractivity contribution in [2.24, 2.45) is 5.73 Å². The third-order valence-corrected chi connectivity index (χ3v) is 4.78. The van der Waals surface area contributed by atoms with Gasteiger partial charge in [0.1, 0.15) is 17.1 Å². The van der Waals surface area contributed by atoms with Crippen molar-refractivity contribution in [3.63, 3.8) is 0 Å². The summed E-state index contributed by atoms with van der Waals surface area (Å²) in [5.74, 6) is -0.0333. The van der Waals surface area contributed by atoms with Gasteiger partial charge in [-0.2, -0.15) is 0 Å². The van der Waals surface area contributed by atoms with Crippen LogP contribution in [0.25, 0.3) is 0 Å². The molecule has 0 aromatic heterocycles. The highest BCUT2D eigenvalue weighted by Crippen LogP contribution is 2.39. The summed E-state index contributed by atoms with van der Waals surface area (Å²) in [6.07, 6.45) is 4.54. The van der Waals surface area contributed by atoms with Gasteiger partial charge in [-0.1, -0.05) is 32.4 Å².